The molecule has 0 spiro atoms. The highest BCUT2D eigenvalue weighted by Crippen LogP contribution is 2.38. The molecule has 66 heavy (non-hydrogen) atoms. The van der Waals surface area contributed by atoms with E-state index in [9.17, 15) is 0 Å². The molecule has 0 unspecified atom stereocenters. The standard InChI is InChI=1S/C27H16ClN3.C18H12BO2.C9H5Cl2N3/c28-27-30-25(17-8-2-1-3-9-17)29-26(31-27)18-14-15-23-21-12-5-4-10-19(21)20-11-6-7-13-22(20)24(23)16-18;20-19-21-12-9-10-17-15-7-2-1-5-13(15)14-6-3-4-8-16(14)18(17)11-12;10-8-12-7(13-9(11)14-8)6-4-2-1-3-5-6/h1-16H;1-11,20H;1-5H. The average molecular weight is 915 g/mol. The minimum atomic E-state index is 0.101. The van der Waals surface area contributed by atoms with Crippen LogP contribution in [0, 0.1) is 0 Å². The minimum absolute atomic E-state index is 0.101. The van der Waals surface area contributed by atoms with E-state index in [1.807, 2.05) is 84.9 Å². The normalized spacial score (nSPS) is 11.0. The van der Waals surface area contributed by atoms with Crippen molar-refractivity contribution < 1.29 is 9.68 Å². The van der Waals surface area contributed by atoms with Gasteiger partial charge in [-0.3, -0.25) is 0 Å². The van der Waals surface area contributed by atoms with Crippen molar-refractivity contribution in [3.8, 4) is 39.9 Å². The number of hydrogen-bond donors (Lipinski definition) is 1. The van der Waals surface area contributed by atoms with Crippen LogP contribution in [0.5, 0.6) is 5.75 Å². The van der Waals surface area contributed by atoms with Gasteiger partial charge in [-0.05, 0) is 118 Å². The van der Waals surface area contributed by atoms with Crippen LogP contribution in [0.1, 0.15) is 0 Å². The second kappa shape index (κ2) is 18.9. The molecule has 8 nitrogen and oxygen atoms in total. The summed E-state index contributed by atoms with van der Waals surface area (Å²) < 4.78 is 5.11. The van der Waals surface area contributed by atoms with Crippen LogP contribution in [-0.4, -0.2) is 42.6 Å². The Hall–Kier alpha value is -7.53. The van der Waals surface area contributed by atoms with E-state index < -0.39 is 0 Å². The van der Waals surface area contributed by atoms with Gasteiger partial charge in [-0.2, -0.15) is 24.9 Å². The minimum Gasteiger partial charge on any atom is -0.537 e. The maximum atomic E-state index is 8.83. The van der Waals surface area contributed by atoms with Crippen LogP contribution in [0.4, 0.5) is 0 Å². The Balaban J connectivity index is 0.000000126. The zero-order valence-electron chi connectivity index (χ0n) is 34.7. The Labute approximate surface area is 394 Å². The smallest absolute Gasteiger partial charge is 0.537 e. The second-order valence-corrected chi connectivity index (χ2v) is 16.1. The molecule has 0 aliphatic heterocycles. The molecule has 0 amide bonds. The van der Waals surface area contributed by atoms with Crippen LogP contribution >= 0.6 is 34.8 Å². The number of fused-ring (bicyclic) bond motifs is 12. The van der Waals surface area contributed by atoms with Gasteiger partial charge in [0.25, 0.3) is 0 Å². The molecule has 0 saturated carbocycles. The predicted octanol–water partition coefficient (Wildman–Crippen LogP) is 14.2. The lowest BCUT2D eigenvalue weighted by Gasteiger charge is -2.12. The molecule has 10 aromatic carbocycles. The third-order valence-electron chi connectivity index (χ3n) is 11.2. The Morgan fingerprint density at radius 3 is 1.05 bits per heavy atom. The number of halogens is 3. The van der Waals surface area contributed by atoms with Crippen molar-refractivity contribution >= 4 is 107 Å². The summed E-state index contributed by atoms with van der Waals surface area (Å²) >= 11 is 17.6. The fourth-order valence-electron chi connectivity index (χ4n) is 8.31. The molecule has 0 aliphatic carbocycles. The molecule has 0 fully saturated rings. The fraction of sp³-hybridized carbons (Fsp3) is 0. The summed E-state index contributed by atoms with van der Waals surface area (Å²) in [6.45, 7) is 0. The van der Waals surface area contributed by atoms with E-state index in [4.69, 9.17) is 49.5 Å². The molecule has 12 rings (SSSR count). The van der Waals surface area contributed by atoms with Crippen molar-refractivity contribution in [3.63, 3.8) is 0 Å². The summed E-state index contributed by atoms with van der Waals surface area (Å²) in [6.07, 6.45) is 0. The molecule has 12 aromatic rings. The van der Waals surface area contributed by atoms with Crippen LogP contribution in [0.15, 0.2) is 194 Å². The van der Waals surface area contributed by atoms with E-state index in [1.54, 1.807) is 0 Å². The largest absolute Gasteiger partial charge is 0.569 e. The Morgan fingerprint density at radius 1 is 0.303 bits per heavy atom. The van der Waals surface area contributed by atoms with E-state index in [0.717, 1.165) is 22.1 Å². The lowest BCUT2D eigenvalue weighted by Crippen LogP contribution is -1.99. The zero-order valence-corrected chi connectivity index (χ0v) is 37.0. The first-order valence-corrected chi connectivity index (χ1v) is 21.9. The first-order chi connectivity index (χ1) is 32.4. The molecule has 0 atom stereocenters. The van der Waals surface area contributed by atoms with Gasteiger partial charge >= 0.3 is 7.69 Å². The number of nitrogens with zero attached hydrogens (tertiary/aromatic N) is 6. The highest BCUT2D eigenvalue weighted by atomic mass is 35.5. The summed E-state index contributed by atoms with van der Waals surface area (Å²) in [4.78, 5) is 25.1. The van der Waals surface area contributed by atoms with Crippen LogP contribution in [-0.2, 0) is 0 Å². The van der Waals surface area contributed by atoms with E-state index in [-0.39, 0.29) is 15.9 Å². The molecule has 1 radical (unpaired) electrons. The molecule has 12 heteroatoms. The van der Waals surface area contributed by atoms with Crippen molar-refractivity contribution in [3.05, 3.63) is 210 Å². The van der Waals surface area contributed by atoms with Crippen molar-refractivity contribution in [2.24, 2.45) is 0 Å². The van der Waals surface area contributed by atoms with Crippen molar-refractivity contribution in [1.82, 2.24) is 29.9 Å². The molecule has 2 heterocycles. The first kappa shape index (κ1) is 42.4. The third-order valence-corrected chi connectivity index (χ3v) is 11.7. The molecule has 315 valence electrons. The molecule has 0 bridgehead atoms. The average Bonchev–Trinajstić information content (AvgIpc) is 3.37. The highest BCUT2D eigenvalue weighted by Gasteiger charge is 2.14. The van der Waals surface area contributed by atoms with Crippen LogP contribution in [0.3, 0.4) is 0 Å². The quantitative estimate of drug-likeness (QED) is 0.134. The zero-order chi connectivity index (χ0) is 45.0. The maximum absolute atomic E-state index is 8.83. The Kier molecular flexibility index (Phi) is 12.2. The summed E-state index contributed by atoms with van der Waals surface area (Å²) in [5.74, 6) is 2.25. The number of rotatable bonds is 5. The maximum Gasteiger partial charge on any atom is 0.569 e. The van der Waals surface area contributed by atoms with Crippen molar-refractivity contribution in [2.75, 3.05) is 0 Å². The number of hydrogen-bond acceptors (Lipinski definition) is 8. The molecular weight excluding hydrogens is 882 g/mol. The summed E-state index contributed by atoms with van der Waals surface area (Å²) in [6, 6.07) is 65.4. The van der Waals surface area contributed by atoms with Gasteiger partial charge in [-0.1, -0.05) is 176 Å². The number of benzene rings is 10. The topological polar surface area (TPSA) is 107 Å². The van der Waals surface area contributed by atoms with Crippen LogP contribution < -0.4 is 4.65 Å². The lowest BCUT2D eigenvalue weighted by atomic mass is 9.93. The molecule has 2 aromatic heterocycles. The molecular formula is C54H33BCl3N6O2. The highest BCUT2D eigenvalue weighted by molar-refractivity contribution is 6.31. The van der Waals surface area contributed by atoms with Crippen LogP contribution in [0.2, 0.25) is 15.9 Å². The van der Waals surface area contributed by atoms with Crippen molar-refractivity contribution in [1.29, 1.82) is 0 Å². The molecule has 1 N–H and O–H groups in total. The van der Waals surface area contributed by atoms with Gasteiger partial charge in [0, 0.05) is 16.7 Å². The molecule has 0 saturated heterocycles. The Morgan fingerprint density at radius 2 is 0.621 bits per heavy atom. The van der Waals surface area contributed by atoms with Gasteiger partial charge in [0.05, 0.1) is 0 Å². The van der Waals surface area contributed by atoms with Gasteiger partial charge in [0.2, 0.25) is 15.9 Å². The second-order valence-electron chi connectivity index (χ2n) is 15.1. The SMILES string of the molecule is Clc1nc(-c2ccccc2)nc(-c2ccc3c4ccccc4c4ccccc4c3c2)n1.Clc1nc(Cl)nc(-c2ccccc2)n1.O[B]Oc1ccc2c3ccccc3c3ccccc3c2c1. The van der Waals surface area contributed by atoms with Gasteiger partial charge in [-0.15, -0.1) is 0 Å². The van der Waals surface area contributed by atoms with Crippen molar-refractivity contribution in [2.45, 2.75) is 0 Å². The number of aromatic nitrogens is 6. The van der Waals surface area contributed by atoms with E-state index in [1.165, 1.54) is 59.2 Å². The van der Waals surface area contributed by atoms with Gasteiger partial charge in [0.15, 0.2) is 17.5 Å². The molecule has 0 aliphatic rings. The monoisotopic (exact) mass is 913 g/mol. The van der Waals surface area contributed by atoms with Gasteiger partial charge in [0.1, 0.15) is 5.75 Å². The Bertz CT molecular complexity index is 3650. The lowest BCUT2D eigenvalue weighted by molar-refractivity contribution is 0.454. The van der Waals surface area contributed by atoms with E-state index in [0.29, 0.717) is 30.9 Å². The fourth-order valence-corrected chi connectivity index (χ4v) is 8.83. The van der Waals surface area contributed by atoms with Gasteiger partial charge in [-0.25, -0.2) is 4.98 Å². The summed E-state index contributed by atoms with van der Waals surface area (Å²) in [5.41, 5.74) is 2.68. The predicted molar refractivity (Wildman–Crippen MR) is 271 cm³/mol. The third kappa shape index (κ3) is 8.68. The van der Waals surface area contributed by atoms with E-state index >= 15 is 0 Å². The van der Waals surface area contributed by atoms with Crippen LogP contribution in [0.25, 0.3) is 98.8 Å². The summed E-state index contributed by atoms with van der Waals surface area (Å²) in [7, 11) is 0.713. The van der Waals surface area contributed by atoms with E-state index in [2.05, 4.69) is 134 Å². The van der Waals surface area contributed by atoms with Gasteiger partial charge < -0.3 is 9.68 Å². The first-order valence-electron chi connectivity index (χ1n) is 20.8. The summed E-state index contributed by atoms with van der Waals surface area (Å²) in [5, 5.41) is 23.8.